The molecule has 1 amide bonds. The zero-order valence-corrected chi connectivity index (χ0v) is 20.6. The van der Waals surface area contributed by atoms with E-state index in [1.807, 2.05) is 30.3 Å². The van der Waals surface area contributed by atoms with Gasteiger partial charge >= 0.3 is 6.09 Å². The number of benzene rings is 2. The second-order valence-corrected chi connectivity index (χ2v) is 9.38. The number of carbonyl (C=O) groups is 1. The first-order valence-electron chi connectivity index (χ1n) is 12.9. The maximum atomic E-state index is 12.3. The third kappa shape index (κ3) is 4.98. The third-order valence-electron chi connectivity index (χ3n) is 6.86. The van der Waals surface area contributed by atoms with Crippen LogP contribution in [-0.2, 0) is 12.8 Å². The Bertz CT molecular complexity index is 1530. The molecule has 0 fully saturated rings. The first-order chi connectivity index (χ1) is 18.2. The van der Waals surface area contributed by atoms with Gasteiger partial charge in [0.25, 0.3) is 0 Å². The average Bonchev–Trinajstić information content (AvgIpc) is 3.37. The number of hydrogen-bond donors (Lipinski definition) is 3. The van der Waals surface area contributed by atoms with Crippen LogP contribution in [-0.4, -0.2) is 34.1 Å². The van der Waals surface area contributed by atoms with E-state index in [9.17, 15) is 4.79 Å². The van der Waals surface area contributed by atoms with E-state index in [1.165, 1.54) is 35.2 Å². The minimum absolute atomic E-state index is 0.450. The number of nitrogens with one attached hydrogen (secondary N) is 3. The zero-order valence-electron chi connectivity index (χ0n) is 20.6. The molecule has 6 rings (SSSR count). The van der Waals surface area contributed by atoms with Crippen molar-refractivity contribution in [2.45, 2.75) is 32.1 Å². The number of fused-ring (bicyclic) bond motifs is 3. The molecule has 7 nitrogen and oxygen atoms in total. The van der Waals surface area contributed by atoms with Crippen LogP contribution in [0.3, 0.4) is 0 Å². The van der Waals surface area contributed by atoms with Crippen LogP contribution < -0.4 is 15.4 Å². The molecule has 37 heavy (non-hydrogen) atoms. The van der Waals surface area contributed by atoms with Gasteiger partial charge in [0, 0.05) is 47.1 Å². The molecular weight excluding hydrogens is 462 g/mol. The summed E-state index contributed by atoms with van der Waals surface area (Å²) in [5, 5.41) is 8.71. The van der Waals surface area contributed by atoms with E-state index in [-0.39, 0.29) is 0 Å². The summed E-state index contributed by atoms with van der Waals surface area (Å²) in [5.74, 6) is 0.503. The van der Waals surface area contributed by atoms with Gasteiger partial charge in [-0.25, -0.2) is 9.78 Å². The topological polar surface area (TPSA) is 91.9 Å². The number of amides is 1. The molecule has 0 radical (unpaired) electrons. The Balaban J connectivity index is 1.01. The molecule has 1 aliphatic rings. The van der Waals surface area contributed by atoms with Crippen molar-refractivity contribution >= 4 is 33.7 Å². The van der Waals surface area contributed by atoms with E-state index in [0.717, 1.165) is 53.6 Å². The second-order valence-electron chi connectivity index (χ2n) is 9.38. The number of nitrogens with zero attached hydrogens (tertiary/aromatic N) is 2. The Morgan fingerprint density at radius 3 is 2.73 bits per heavy atom. The molecule has 3 heterocycles. The van der Waals surface area contributed by atoms with Crippen molar-refractivity contribution in [1.82, 2.24) is 20.3 Å². The molecule has 2 aromatic carbocycles. The number of aromatic amines is 1. The van der Waals surface area contributed by atoms with Crippen LogP contribution in [0.4, 0.5) is 10.5 Å². The van der Waals surface area contributed by atoms with Crippen molar-refractivity contribution in [3.63, 3.8) is 0 Å². The van der Waals surface area contributed by atoms with Crippen LogP contribution in [0.25, 0.3) is 33.2 Å². The number of hydrogen-bond acceptors (Lipinski definition) is 5. The Morgan fingerprint density at radius 1 is 0.973 bits per heavy atom. The Kier molecular flexibility index (Phi) is 6.42. The van der Waals surface area contributed by atoms with E-state index in [4.69, 9.17) is 9.72 Å². The fraction of sp³-hybridized carbons (Fsp3) is 0.233. The maximum absolute atomic E-state index is 12.3. The smallest absolute Gasteiger partial charge is 0.410 e. The van der Waals surface area contributed by atoms with Gasteiger partial charge in [-0.15, -0.1) is 0 Å². The molecule has 0 bridgehead atoms. The first kappa shape index (κ1) is 23.0. The number of rotatable bonds is 7. The standard InChI is InChI=1S/C30H29N5O2/c36-30(37-22-14-12-20(13-15-22)27-19-21-7-5-16-32-29(21)35-27)33-18-6-17-31-28-23-8-1-3-10-25(23)34-26-11-4-2-9-24(26)28/h1,3,5,7-8,10,12-16,19H,2,4,6,9,11,17-18H2,(H,31,34)(H,32,35)(H,33,36). The molecule has 7 heteroatoms. The summed E-state index contributed by atoms with van der Waals surface area (Å²) >= 11 is 0. The molecule has 0 spiro atoms. The first-order valence-corrected chi connectivity index (χ1v) is 12.9. The number of carbonyl (C=O) groups excluding carboxylic acids is 1. The number of anilines is 1. The molecule has 5 aromatic rings. The summed E-state index contributed by atoms with van der Waals surface area (Å²) in [4.78, 5) is 24.9. The van der Waals surface area contributed by atoms with Crippen molar-refractivity contribution in [2.75, 3.05) is 18.4 Å². The molecule has 0 saturated heterocycles. The van der Waals surface area contributed by atoms with E-state index >= 15 is 0 Å². The van der Waals surface area contributed by atoms with Crippen LogP contribution in [0.2, 0.25) is 0 Å². The molecule has 3 N–H and O–H groups in total. The fourth-order valence-electron chi connectivity index (χ4n) is 5.03. The lowest BCUT2D eigenvalue weighted by Gasteiger charge is -2.21. The quantitative estimate of drug-likeness (QED) is 0.234. The number of ether oxygens (including phenoxy) is 1. The van der Waals surface area contributed by atoms with E-state index in [1.54, 1.807) is 18.3 Å². The van der Waals surface area contributed by atoms with Gasteiger partial charge in [-0.2, -0.15) is 0 Å². The monoisotopic (exact) mass is 491 g/mol. The van der Waals surface area contributed by atoms with Crippen LogP contribution in [0.15, 0.2) is 72.9 Å². The summed E-state index contributed by atoms with van der Waals surface area (Å²) in [7, 11) is 0. The van der Waals surface area contributed by atoms with Crippen molar-refractivity contribution in [2.24, 2.45) is 0 Å². The summed E-state index contributed by atoms with van der Waals surface area (Å²) < 4.78 is 5.46. The molecule has 0 saturated carbocycles. The van der Waals surface area contributed by atoms with Crippen LogP contribution in [0, 0.1) is 0 Å². The van der Waals surface area contributed by atoms with Gasteiger partial charge in [-0.05, 0) is 91.8 Å². The molecule has 3 aromatic heterocycles. The van der Waals surface area contributed by atoms with E-state index < -0.39 is 6.09 Å². The highest BCUT2D eigenvalue weighted by molar-refractivity contribution is 5.93. The molecule has 186 valence electrons. The van der Waals surface area contributed by atoms with Gasteiger partial charge in [0.15, 0.2) is 0 Å². The normalized spacial score (nSPS) is 12.9. The number of aromatic nitrogens is 3. The second kappa shape index (κ2) is 10.3. The SMILES string of the molecule is O=C(NCCCNc1c2c(nc3ccccc13)CCCC2)Oc1ccc(-c2cc3cccnc3[nH]2)cc1. The molecule has 1 aliphatic carbocycles. The van der Waals surface area contributed by atoms with Crippen LogP contribution in [0.1, 0.15) is 30.5 Å². The van der Waals surface area contributed by atoms with Gasteiger partial charge in [-0.3, -0.25) is 4.98 Å². The maximum Gasteiger partial charge on any atom is 0.412 e. The van der Waals surface area contributed by atoms with Crippen molar-refractivity contribution in [3.05, 3.63) is 84.2 Å². The number of aryl methyl sites for hydroxylation is 1. The highest BCUT2D eigenvalue weighted by atomic mass is 16.6. The number of H-pyrrole nitrogens is 1. The van der Waals surface area contributed by atoms with Crippen molar-refractivity contribution in [1.29, 1.82) is 0 Å². The molecule has 0 atom stereocenters. The Labute approximate surface area is 215 Å². The molecular formula is C30H29N5O2. The van der Waals surface area contributed by atoms with Gasteiger partial charge in [0.05, 0.1) is 5.52 Å². The molecule has 0 aliphatic heterocycles. The van der Waals surface area contributed by atoms with Crippen molar-refractivity contribution in [3.8, 4) is 17.0 Å². The predicted octanol–water partition coefficient (Wildman–Crippen LogP) is 6.25. The molecule has 0 unspecified atom stereocenters. The minimum atomic E-state index is -0.450. The summed E-state index contributed by atoms with van der Waals surface area (Å²) in [5.41, 5.74) is 7.64. The van der Waals surface area contributed by atoms with Gasteiger partial charge < -0.3 is 20.4 Å². The van der Waals surface area contributed by atoms with Gasteiger partial charge in [-0.1, -0.05) is 18.2 Å². The lowest BCUT2D eigenvalue weighted by atomic mass is 9.92. The van der Waals surface area contributed by atoms with Gasteiger partial charge in [0.2, 0.25) is 0 Å². The van der Waals surface area contributed by atoms with Crippen LogP contribution in [0.5, 0.6) is 5.75 Å². The van der Waals surface area contributed by atoms with Gasteiger partial charge in [0.1, 0.15) is 11.4 Å². The fourth-order valence-corrected chi connectivity index (χ4v) is 5.03. The Morgan fingerprint density at radius 2 is 1.84 bits per heavy atom. The van der Waals surface area contributed by atoms with E-state index in [0.29, 0.717) is 12.3 Å². The number of para-hydroxylation sites is 1. The summed E-state index contributed by atoms with van der Waals surface area (Å²) in [6.07, 6.45) is 6.62. The van der Waals surface area contributed by atoms with E-state index in [2.05, 4.69) is 44.9 Å². The lowest BCUT2D eigenvalue weighted by Crippen LogP contribution is -2.28. The summed E-state index contributed by atoms with van der Waals surface area (Å²) in [6.45, 7) is 1.28. The predicted molar refractivity (Wildman–Crippen MR) is 147 cm³/mol. The Hall–Kier alpha value is -4.39. The zero-order chi connectivity index (χ0) is 25.0. The number of pyridine rings is 2. The van der Waals surface area contributed by atoms with Crippen molar-refractivity contribution < 1.29 is 9.53 Å². The van der Waals surface area contributed by atoms with Crippen LogP contribution >= 0.6 is 0 Å². The minimum Gasteiger partial charge on any atom is -0.410 e. The highest BCUT2D eigenvalue weighted by Gasteiger charge is 2.17. The summed E-state index contributed by atoms with van der Waals surface area (Å²) in [6, 6.07) is 21.8. The average molecular weight is 492 g/mol. The highest BCUT2D eigenvalue weighted by Crippen LogP contribution is 2.33. The third-order valence-corrected chi connectivity index (χ3v) is 6.86. The lowest BCUT2D eigenvalue weighted by molar-refractivity contribution is 0.200. The largest absolute Gasteiger partial charge is 0.412 e.